The second-order valence-corrected chi connectivity index (χ2v) is 4.26. The first-order valence-corrected chi connectivity index (χ1v) is 5.33. The molecule has 0 aromatic carbocycles. The minimum atomic E-state index is -0.0561. The average Bonchev–Trinajstić information content (AvgIpc) is 2.59. The van der Waals surface area contributed by atoms with E-state index in [-0.39, 0.29) is 5.91 Å². The van der Waals surface area contributed by atoms with Crippen LogP contribution in [-0.4, -0.2) is 17.9 Å². The zero-order chi connectivity index (χ0) is 9.26. The highest BCUT2D eigenvalue weighted by molar-refractivity contribution is 7.13. The van der Waals surface area contributed by atoms with Crippen LogP contribution in [0.4, 0.5) is 0 Å². The van der Waals surface area contributed by atoms with Crippen molar-refractivity contribution in [1.82, 2.24) is 10.3 Å². The van der Waals surface area contributed by atoms with Crippen LogP contribution in [0.2, 0.25) is 0 Å². The number of hydrogen-bond acceptors (Lipinski definition) is 3. The molecular weight excluding hydrogens is 184 g/mol. The fourth-order valence-electron chi connectivity index (χ4n) is 1.56. The lowest BCUT2D eigenvalue weighted by Crippen LogP contribution is -2.17. The van der Waals surface area contributed by atoms with Gasteiger partial charge in [-0.15, -0.1) is 11.3 Å². The van der Waals surface area contributed by atoms with Gasteiger partial charge in [-0.25, -0.2) is 4.98 Å². The van der Waals surface area contributed by atoms with Crippen molar-refractivity contribution in [2.24, 2.45) is 0 Å². The molecule has 0 atom stereocenters. The summed E-state index contributed by atoms with van der Waals surface area (Å²) in [5.74, 6) is -0.0561. The summed E-state index contributed by atoms with van der Waals surface area (Å²) in [6.07, 6.45) is 4.60. The number of carbonyl (C=O) groups excluding carboxylic acids is 1. The first-order chi connectivity index (χ1) is 6.31. The van der Waals surface area contributed by atoms with E-state index < -0.39 is 0 Å². The van der Waals surface area contributed by atoms with E-state index >= 15 is 0 Å². The van der Waals surface area contributed by atoms with Crippen molar-refractivity contribution in [1.29, 1.82) is 0 Å². The Morgan fingerprint density at radius 2 is 2.23 bits per heavy atom. The van der Waals surface area contributed by atoms with Crippen LogP contribution in [0.5, 0.6) is 0 Å². The molecule has 13 heavy (non-hydrogen) atoms. The molecule has 0 bridgehead atoms. The van der Waals surface area contributed by atoms with E-state index in [9.17, 15) is 4.79 Å². The lowest BCUT2D eigenvalue weighted by molar-refractivity contribution is 0.0962. The number of thiazole rings is 1. The Labute approximate surface area is 81.2 Å². The summed E-state index contributed by atoms with van der Waals surface area (Å²) < 4.78 is 0. The topological polar surface area (TPSA) is 42.0 Å². The molecule has 0 unspecified atom stereocenters. The van der Waals surface area contributed by atoms with Crippen molar-refractivity contribution in [3.63, 3.8) is 0 Å². The summed E-state index contributed by atoms with van der Waals surface area (Å²) in [5.41, 5.74) is 1.15. The number of rotatable bonds is 1. The van der Waals surface area contributed by atoms with E-state index in [2.05, 4.69) is 10.3 Å². The second-order valence-electron chi connectivity index (χ2n) is 3.18. The number of aromatic nitrogens is 1. The van der Waals surface area contributed by atoms with Crippen molar-refractivity contribution in [3.8, 4) is 0 Å². The smallest absolute Gasteiger partial charge is 0.280 e. The Kier molecular flexibility index (Phi) is 2.31. The summed E-state index contributed by atoms with van der Waals surface area (Å²) in [5, 5.41) is 3.22. The molecular formula is C9H12N2OS. The van der Waals surface area contributed by atoms with E-state index in [1.807, 2.05) is 0 Å². The van der Waals surface area contributed by atoms with Crippen LogP contribution in [0, 0.1) is 0 Å². The number of amides is 1. The predicted octanol–water partition coefficient (Wildman–Crippen LogP) is 1.38. The average molecular weight is 196 g/mol. The van der Waals surface area contributed by atoms with Gasteiger partial charge in [0, 0.05) is 11.9 Å². The highest BCUT2D eigenvalue weighted by Crippen LogP contribution is 2.26. The van der Waals surface area contributed by atoms with Gasteiger partial charge in [-0.05, 0) is 25.7 Å². The largest absolute Gasteiger partial charge is 0.353 e. The number of aryl methyl sites for hydroxylation is 2. The molecule has 0 saturated heterocycles. The molecule has 1 heterocycles. The van der Waals surface area contributed by atoms with Crippen molar-refractivity contribution in [3.05, 3.63) is 15.6 Å². The molecule has 0 radical (unpaired) electrons. The molecule has 2 rings (SSSR count). The Bertz CT molecular complexity index is 309. The minimum Gasteiger partial charge on any atom is -0.353 e. The normalized spacial score (nSPS) is 15.2. The molecule has 3 nitrogen and oxygen atoms in total. The van der Waals surface area contributed by atoms with Crippen molar-refractivity contribution < 1.29 is 4.79 Å². The molecule has 1 aliphatic carbocycles. The minimum absolute atomic E-state index is 0.0561. The van der Waals surface area contributed by atoms with Crippen molar-refractivity contribution in [2.75, 3.05) is 7.05 Å². The number of hydrogen-bond donors (Lipinski definition) is 1. The molecule has 1 aromatic rings. The van der Waals surface area contributed by atoms with Crippen LogP contribution in [0.25, 0.3) is 0 Å². The van der Waals surface area contributed by atoms with Crippen LogP contribution < -0.4 is 5.32 Å². The standard InChI is InChI=1S/C9H12N2OS/c1-10-8(12)9-11-6-4-2-3-5-7(6)13-9/h2-5H2,1H3,(H,10,12). The van der Waals surface area contributed by atoms with Gasteiger partial charge in [0.1, 0.15) is 0 Å². The molecule has 1 aliphatic rings. The van der Waals surface area contributed by atoms with Crippen molar-refractivity contribution in [2.45, 2.75) is 25.7 Å². The quantitative estimate of drug-likeness (QED) is 0.737. The van der Waals surface area contributed by atoms with Crippen LogP contribution in [0.3, 0.4) is 0 Å². The summed E-state index contributed by atoms with van der Waals surface area (Å²) in [6, 6.07) is 0. The molecule has 1 N–H and O–H groups in total. The number of nitrogens with one attached hydrogen (secondary N) is 1. The zero-order valence-corrected chi connectivity index (χ0v) is 8.41. The van der Waals surface area contributed by atoms with Gasteiger partial charge in [-0.2, -0.15) is 0 Å². The van der Waals surface area contributed by atoms with E-state index in [0.717, 1.165) is 18.5 Å². The fraction of sp³-hybridized carbons (Fsp3) is 0.556. The van der Waals surface area contributed by atoms with E-state index in [0.29, 0.717) is 5.01 Å². The fourth-order valence-corrected chi connectivity index (χ4v) is 2.65. The van der Waals surface area contributed by atoms with Crippen LogP contribution in [-0.2, 0) is 12.8 Å². The first-order valence-electron chi connectivity index (χ1n) is 4.52. The number of carbonyl (C=O) groups is 1. The van der Waals surface area contributed by atoms with Gasteiger partial charge < -0.3 is 5.32 Å². The maximum Gasteiger partial charge on any atom is 0.280 e. The molecule has 0 aliphatic heterocycles. The summed E-state index contributed by atoms with van der Waals surface area (Å²) in [4.78, 5) is 16.9. The van der Waals surface area contributed by atoms with Gasteiger partial charge in [0.15, 0.2) is 5.01 Å². The zero-order valence-electron chi connectivity index (χ0n) is 7.59. The number of nitrogens with zero attached hydrogens (tertiary/aromatic N) is 1. The van der Waals surface area contributed by atoms with Crippen LogP contribution in [0.15, 0.2) is 0 Å². The molecule has 1 aromatic heterocycles. The molecule has 0 saturated carbocycles. The Morgan fingerprint density at radius 1 is 1.46 bits per heavy atom. The summed E-state index contributed by atoms with van der Waals surface area (Å²) >= 11 is 1.54. The van der Waals surface area contributed by atoms with Gasteiger partial charge in [0.05, 0.1) is 5.69 Å². The van der Waals surface area contributed by atoms with Gasteiger partial charge in [-0.3, -0.25) is 4.79 Å². The SMILES string of the molecule is CNC(=O)c1nc2c(s1)CCCC2. The van der Waals surface area contributed by atoms with Gasteiger partial charge in [0.25, 0.3) is 5.91 Å². The lowest BCUT2D eigenvalue weighted by Gasteiger charge is -2.06. The van der Waals surface area contributed by atoms with Gasteiger partial charge >= 0.3 is 0 Å². The molecule has 0 spiro atoms. The number of fused-ring (bicyclic) bond motifs is 1. The molecule has 1 amide bonds. The Balaban J connectivity index is 2.30. The van der Waals surface area contributed by atoms with Crippen LogP contribution in [0.1, 0.15) is 33.2 Å². The highest BCUT2D eigenvalue weighted by Gasteiger charge is 2.17. The van der Waals surface area contributed by atoms with E-state index in [1.165, 1.54) is 17.7 Å². The highest BCUT2D eigenvalue weighted by atomic mass is 32.1. The van der Waals surface area contributed by atoms with Crippen LogP contribution >= 0.6 is 11.3 Å². The monoisotopic (exact) mass is 196 g/mol. The lowest BCUT2D eigenvalue weighted by atomic mass is 10.0. The summed E-state index contributed by atoms with van der Waals surface area (Å²) in [7, 11) is 1.64. The predicted molar refractivity (Wildman–Crippen MR) is 52.1 cm³/mol. The molecule has 70 valence electrons. The third kappa shape index (κ3) is 1.58. The maximum atomic E-state index is 11.3. The summed E-state index contributed by atoms with van der Waals surface area (Å²) in [6.45, 7) is 0. The first kappa shape index (κ1) is 8.69. The van der Waals surface area contributed by atoms with E-state index in [4.69, 9.17) is 0 Å². The third-order valence-corrected chi connectivity index (χ3v) is 3.42. The maximum absolute atomic E-state index is 11.3. The van der Waals surface area contributed by atoms with Gasteiger partial charge in [-0.1, -0.05) is 0 Å². The van der Waals surface area contributed by atoms with Gasteiger partial charge in [0.2, 0.25) is 0 Å². The van der Waals surface area contributed by atoms with Crippen molar-refractivity contribution >= 4 is 17.2 Å². The molecule has 0 fully saturated rings. The second kappa shape index (κ2) is 3.46. The van der Waals surface area contributed by atoms with E-state index in [1.54, 1.807) is 18.4 Å². The Hall–Kier alpha value is -0.900. The third-order valence-electron chi connectivity index (χ3n) is 2.27. The Morgan fingerprint density at radius 3 is 2.92 bits per heavy atom. The molecule has 4 heteroatoms.